The van der Waals surface area contributed by atoms with Crippen LogP contribution in [-0.4, -0.2) is 42.9 Å². The first-order valence-corrected chi connectivity index (χ1v) is 5.23. The van der Waals surface area contributed by atoms with Crippen molar-refractivity contribution in [3.8, 4) is 0 Å². The molecule has 0 aliphatic heterocycles. The van der Waals surface area contributed by atoms with Crippen molar-refractivity contribution in [3.63, 3.8) is 0 Å². The number of carbonyl (C=O) groups is 1. The highest BCUT2D eigenvalue weighted by Crippen LogP contribution is 2.12. The first kappa shape index (κ1) is 13.2. The Labute approximate surface area is 100 Å². The molecule has 0 aliphatic rings. The number of rotatable bonds is 7. The first-order chi connectivity index (χ1) is 8.19. The fourth-order valence-corrected chi connectivity index (χ4v) is 1.38. The molecule has 0 aromatic carbocycles. The minimum atomic E-state index is -0.959. The zero-order chi connectivity index (χ0) is 12.7. The van der Waals surface area contributed by atoms with Crippen molar-refractivity contribution in [2.75, 3.05) is 31.7 Å². The van der Waals surface area contributed by atoms with Gasteiger partial charge >= 0.3 is 5.97 Å². The van der Waals surface area contributed by atoms with E-state index in [1.54, 1.807) is 19.3 Å². The van der Waals surface area contributed by atoms with Crippen LogP contribution in [0, 0.1) is 0 Å². The van der Waals surface area contributed by atoms with Crippen LogP contribution in [0.5, 0.6) is 0 Å². The molecule has 5 heteroatoms. The van der Waals surface area contributed by atoms with Crippen LogP contribution in [0.15, 0.2) is 31.0 Å². The number of pyridine rings is 1. The maximum Gasteiger partial charge on any atom is 0.335 e. The summed E-state index contributed by atoms with van der Waals surface area (Å²) >= 11 is 0. The second-order valence-corrected chi connectivity index (χ2v) is 3.44. The van der Waals surface area contributed by atoms with E-state index >= 15 is 0 Å². The van der Waals surface area contributed by atoms with Gasteiger partial charge in [-0.3, -0.25) is 0 Å². The SMILES string of the molecule is C=CCN(CCOC)c1cc(C(=O)O)ccn1. The van der Waals surface area contributed by atoms with E-state index in [1.807, 2.05) is 4.90 Å². The Bertz CT molecular complexity index is 393. The number of ether oxygens (including phenoxy) is 1. The molecule has 1 N–H and O–H groups in total. The van der Waals surface area contributed by atoms with Crippen LogP contribution in [0.1, 0.15) is 10.4 Å². The lowest BCUT2D eigenvalue weighted by molar-refractivity contribution is 0.0697. The molecule has 0 unspecified atom stereocenters. The highest BCUT2D eigenvalue weighted by Gasteiger charge is 2.09. The van der Waals surface area contributed by atoms with Crippen LogP contribution in [0.4, 0.5) is 5.82 Å². The van der Waals surface area contributed by atoms with Gasteiger partial charge < -0.3 is 14.7 Å². The molecule has 1 heterocycles. The molecular weight excluding hydrogens is 220 g/mol. The molecule has 0 atom stereocenters. The highest BCUT2D eigenvalue weighted by molar-refractivity contribution is 5.88. The predicted molar refractivity (Wildman–Crippen MR) is 65.5 cm³/mol. The lowest BCUT2D eigenvalue weighted by Gasteiger charge is -2.21. The Kier molecular flexibility index (Phi) is 5.16. The van der Waals surface area contributed by atoms with Crippen molar-refractivity contribution in [1.82, 2.24) is 4.98 Å². The smallest absolute Gasteiger partial charge is 0.335 e. The van der Waals surface area contributed by atoms with E-state index in [2.05, 4.69) is 11.6 Å². The second kappa shape index (κ2) is 6.65. The van der Waals surface area contributed by atoms with E-state index in [4.69, 9.17) is 9.84 Å². The van der Waals surface area contributed by atoms with E-state index in [-0.39, 0.29) is 5.56 Å². The quantitative estimate of drug-likeness (QED) is 0.725. The van der Waals surface area contributed by atoms with Crippen LogP contribution in [0.3, 0.4) is 0 Å². The van der Waals surface area contributed by atoms with Crippen molar-refractivity contribution in [3.05, 3.63) is 36.5 Å². The van der Waals surface area contributed by atoms with Gasteiger partial charge in [-0.1, -0.05) is 6.08 Å². The summed E-state index contributed by atoms with van der Waals surface area (Å²) in [7, 11) is 1.62. The third-order valence-electron chi connectivity index (χ3n) is 2.23. The number of hydrogen-bond donors (Lipinski definition) is 1. The van der Waals surface area contributed by atoms with E-state index in [0.717, 1.165) is 0 Å². The Hall–Kier alpha value is -1.88. The number of carboxylic acid groups (broad SMARTS) is 1. The molecule has 0 spiro atoms. The van der Waals surface area contributed by atoms with Gasteiger partial charge in [0.05, 0.1) is 12.2 Å². The number of methoxy groups -OCH3 is 1. The number of anilines is 1. The van der Waals surface area contributed by atoms with Gasteiger partial charge in [-0.25, -0.2) is 9.78 Å². The van der Waals surface area contributed by atoms with Crippen molar-refractivity contribution in [2.24, 2.45) is 0 Å². The van der Waals surface area contributed by atoms with Crippen molar-refractivity contribution < 1.29 is 14.6 Å². The van der Waals surface area contributed by atoms with Gasteiger partial charge in [0.1, 0.15) is 5.82 Å². The zero-order valence-corrected chi connectivity index (χ0v) is 9.80. The van der Waals surface area contributed by atoms with Crippen molar-refractivity contribution in [2.45, 2.75) is 0 Å². The molecule has 0 amide bonds. The number of hydrogen-bond acceptors (Lipinski definition) is 4. The summed E-state index contributed by atoms with van der Waals surface area (Å²) in [5, 5.41) is 8.91. The minimum absolute atomic E-state index is 0.224. The maximum absolute atomic E-state index is 10.9. The average Bonchev–Trinajstić information content (AvgIpc) is 2.34. The molecule has 0 aliphatic carbocycles. The Morgan fingerprint density at radius 3 is 3.06 bits per heavy atom. The normalized spacial score (nSPS) is 9.94. The predicted octanol–water partition coefficient (Wildman–Crippen LogP) is 1.42. The molecule has 0 saturated carbocycles. The molecule has 0 fully saturated rings. The number of aromatic carboxylic acids is 1. The summed E-state index contributed by atoms with van der Waals surface area (Å²) < 4.78 is 5.00. The largest absolute Gasteiger partial charge is 0.478 e. The Morgan fingerprint density at radius 2 is 2.47 bits per heavy atom. The van der Waals surface area contributed by atoms with E-state index in [1.165, 1.54) is 12.3 Å². The van der Waals surface area contributed by atoms with Gasteiger partial charge in [0.15, 0.2) is 0 Å². The van der Waals surface area contributed by atoms with Crippen LogP contribution < -0.4 is 4.90 Å². The molecule has 5 nitrogen and oxygen atoms in total. The minimum Gasteiger partial charge on any atom is -0.478 e. The van der Waals surface area contributed by atoms with Gasteiger partial charge in [-0.15, -0.1) is 6.58 Å². The monoisotopic (exact) mass is 236 g/mol. The second-order valence-electron chi connectivity index (χ2n) is 3.44. The van der Waals surface area contributed by atoms with Crippen LogP contribution in [0.25, 0.3) is 0 Å². The van der Waals surface area contributed by atoms with Crippen LogP contribution in [0.2, 0.25) is 0 Å². The summed E-state index contributed by atoms with van der Waals surface area (Å²) in [6.45, 7) is 5.45. The number of carboxylic acids is 1. The molecule has 1 rings (SSSR count). The lowest BCUT2D eigenvalue weighted by Crippen LogP contribution is -2.28. The molecule has 0 bridgehead atoms. The van der Waals surface area contributed by atoms with Crippen LogP contribution >= 0.6 is 0 Å². The molecule has 92 valence electrons. The molecule has 1 aromatic rings. The number of nitrogens with zero attached hydrogens (tertiary/aromatic N) is 2. The summed E-state index contributed by atoms with van der Waals surface area (Å²) in [6, 6.07) is 3.01. The highest BCUT2D eigenvalue weighted by atomic mass is 16.5. The van der Waals surface area contributed by atoms with Gasteiger partial charge in [0.2, 0.25) is 0 Å². The average molecular weight is 236 g/mol. The maximum atomic E-state index is 10.9. The standard InChI is InChI=1S/C12H16N2O3/c1-3-6-14(7-8-17-2)11-9-10(12(15)16)4-5-13-11/h3-5,9H,1,6-8H2,2H3,(H,15,16). The lowest BCUT2D eigenvalue weighted by atomic mass is 10.2. The van der Waals surface area contributed by atoms with Crippen molar-refractivity contribution in [1.29, 1.82) is 0 Å². The summed E-state index contributed by atoms with van der Waals surface area (Å²) in [5.74, 6) is -0.346. The van der Waals surface area contributed by atoms with Crippen molar-refractivity contribution >= 4 is 11.8 Å². The fourth-order valence-electron chi connectivity index (χ4n) is 1.38. The van der Waals surface area contributed by atoms with Gasteiger partial charge in [0, 0.05) is 26.4 Å². The zero-order valence-electron chi connectivity index (χ0n) is 9.80. The van der Waals surface area contributed by atoms with Gasteiger partial charge in [-0.2, -0.15) is 0 Å². The summed E-state index contributed by atoms with van der Waals surface area (Å²) in [5.41, 5.74) is 0.224. The van der Waals surface area contributed by atoms with E-state index in [9.17, 15) is 4.79 Å². The molecule has 0 saturated heterocycles. The number of aromatic nitrogens is 1. The summed E-state index contributed by atoms with van der Waals surface area (Å²) in [4.78, 5) is 16.9. The molecule has 0 radical (unpaired) electrons. The summed E-state index contributed by atoms with van der Waals surface area (Å²) in [6.07, 6.45) is 3.23. The van der Waals surface area contributed by atoms with E-state index < -0.39 is 5.97 Å². The van der Waals surface area contributed by atoms with E-state index in [0.29, 0.717) is 25.5 Å². The topological polar surface area (TPSA) is 62.7 Å². The van der Waals surface area contributed by atoms with Crippen LogP contribution in [-0.2, 0) is 4.74 Å². The Balaban J connectivity index is 2.88. The Morgan fingerprint density at radius 1 is 1.71 bits per heavy atom. The third-order valence-corrected chi connectivity index (χ3v) is 2.23. The fraction of sp³-hybridized carbons (Fsp3) is 0.333. The third kappa shape index (κ3) is 3.88. The molecule has 1 aromatic heterocycles. The van der Waals surface area contributed by atoms with Gasteiger partial charge in [0.25, 0.3) is 0 Å². The first-order valence-electron chi connectivity index (χ1n) is 5.23. The molecule has 17 heavy (non-hydrogen) atoms. The molecular formula is C12H16N2O3. The van der Waals surface area contributed by atoms with Gasteiger partial charge in [-0.05, 0) is 12.1 Å².